The molecule has 0 aromatic heterocycles. The highest BCUT2D eigenvalue weighted by atomic mass is 14.7. The Labute approximate surface area is 87.9 Å². The van der Waals surface area contributed by atoms with Crippen LogP contribution in [-0.2, 0) is 0 Å². The van der Waals surface area contributed by atoms with Gasteiger partial charge in [0.15, 0.2) is 0 Å². The van der Waals surface area contributed by atoms with Gasteiger partial charge in [0.1, 0.15) is 0 Å². The zero-order valence-electron chi connectivity index (χ0n) is 9.96. The highest BCUT2D eigenvalue weighted by Crippen LogP contribution is 2.07. The predicted octanol–water partition coefficient (Wildman–Crippen LogP) is 3.77. The van der Waals surface area contributed by atoms with Crippen LogP contribution in [0.5, 0.6) is 0 Å². The molecule has 0 aliphatic rings. The molecule has 1 rings (SSSR count). The second kappa shape index (κ2) is 7.31. The molecule has 1 aromatic rings. The van der Waals surface area contributed by atoms with Gasteiger partial charge in [-0.1, -0.05) is 37.6 Å². The Kier molecular flexibility index (Phi) is 6.73. The summed E-state index contributed by atoms with van der Waals surface area (Å²) < 4.78 is 0. The molecule has 0 saturated carbocycles. The van der Waals surface area contributed by atoms with Gasteiger partial charge in [-0.15, -0.1) is 0 Å². The van der Waals surface area contributed by atoms with Crippen molar-refractivity contribution in [3.05, 3.63) is 34.9 Å². The van der Waals surface area contributed by atoms with Gasteiger partial charge in [-0.3, -0.25) is 4.99 Å². The SMILES string of the molecule is CC.CCN=Cc1cc(C)ccc1C. The van der Waals surface area contributed by atoms with E-state index in [2.05, 4.69) is 37.0 Å². The van der Waals surface area contributed by atoms with E-state index in [9.17, 15) is 0 Å². The molecule has 14 heavy (non-hydrogen) atoms. The number of benzene rings is 1. The highest BCUT2D eigenvalue weighted by molar-refractivity contribution is 5.81. The van der Waals surface area contributed by atoms with Crippen LogP contribution in [0.3, 0.4) is 0 Å². The molecule has 0 atom stereocenters. The van der Waals surface area contributed by atoms with Gasteiger partial charge in [-0.25, -0.2) is 0 Å². The van der Waals surface area contributed by atoms with Crippen LogP contribution in [0, 0.1) is 13.8 Å². The molecule has 0 saturated heterocycles. The fourth-order valence-electron chi connectivity index (χ4n) is 1.09. The molecule has 0 bridgehead atoms. The summed E-state index contributed by atoms with van der Waals surface area (Å²) in [5.74, 6) is 0. The number of rotatable bonds is 2. The average Bonchev–Trinajstić information content (AvgIpc) is 2.22. The number of hydrogen-bond acceptors (Lipinski definition) is 1. The van der Waals surface area contributed by atoms with E-state index < -0.39 is 0 Å². The Morgan fingerprint density at radius 3 is 2.43 bits per heavy atom. The van der Waals surface area contributed by atoms with E-state index in [1.807, 2.05) is 27.0 Å². The fourth-order valence-corrected chi connectivity index (χ4v) is 1.09. The Morgan fingerprint density at radius 1 is 1.21 bits per heavy atom. The molecular formula is C13H21N. The molecule has 1 heteroatoms. The quantitative estimate of drug-likeness (QED) is 0.631. The minimum Gasteiger partial charge on any atom is -0.293 e. The van der Waals surface area contributed by atoms with Gasteiger partial charge < -0.3 is 0 Å². The standard InChI is InChI=1S/C11H15N.C2H6/c1-4-12-8-11-7-9(2)5-6-10(11)3;1-2/h5-8H,4H2,1-3H3;1-2H3. The molecule has 0 radical (unpaired) electrons. The molecule has 0 N–H and O–H groups in total. The normalized spacial score (nSPS) is 9.79. The Hall–Kier alpha value is -1.11. The first-order valence-corrected chi connectivity index (χ1v) is 5.31. The maximum absolute atomic E-state index is 4.22. The van der Waals surface area contributed by atoms with Gasteiger partial charge in [0, 0.05) is 12.8 Å². The number of hydrogen-bond donors (Lipinski definition) is 0. The van der Waals surface area contributed by atoms with Crippen LogP contribution in [0.25, 0.3) is 0 Å². The number of aliphatic imine (C=N–C) groups is 1. The summed E-state index contributed by atoms with van der Waals surface area (Å²) in [5.41, 5.74) is 3.81. The molecule has 0 spiro atoms. The van der Waals surface area contributed by atoms with Crippen LogP contribution >= 0.6 is 0 Å². The van der Waals surface area contributed by atoms with Crippen molar-refractivity contribution in [2.45, 2.75) is 34.6 Å². The summed E-state index contributed by atoms with van der Waals surface area (Å²) in [6.45, 7) is 11.1. The number of aryl methyl sites for hydroxylation is 2. The third-order valence-corrected chi connectivity index (χ3v) is 1.85. The summed E-state index contributed by atoms with van der Waals surface area (Å²) in [4.78, 5) is 4.22. The van der Waals surface area contributed by atoms with Crippen molar-refractivity contribution in [2.24, 2.45) is 4.99 Å². The van der Waals surface area contributed by atoms with Crippen LogP contribution in [0.15, 0.2) is 23.2 Å². The summed E-state index contributed by atoms with van der Waals surface area (Å²) in [6.07, 6.45) is 1.95. The van der Waals surface area contributed by atoms with Gasteiger partial charge in [-0.2, -0.15) is 0 Å². The summed E-state index contributed by atoms with van der Waals surface area (Å²) in [5, 5.41) is 0. The van der Waals surface area contributed by atoms with Gasteiger partial charge in [0.05, 0.1) is 0 Å². The molecule has 1 aromatic carbocycles. The summed E-state index contributed by atoms with van der Waals surface area (Å²) in [6, 6.07) is 6.42. The molecule has 0 heterocycles. The zero-order chi connectivity index (χ0) is 11.0. The highest BCUT2D eigenvalue weighted by Gasteiger charge is 1.93. The predicted molar refractivity (Wildman–Crippen MR) is 65.4 cm³/mol. The number of nitrogens with zero attached hydrogens (tertiary/aromatic N) is 1. The van der Waals surface area contributed by atoms with E-state index in [0.717, 1.165) is 6.54 Å². The maximum atomic E-state index is 4.22. The second-order valence-corrected chi connectivity index (χ2v) is 2.99. The van der Waals surface area contributed by atoms with Gasteiger partial charge in [-0.05, 0) is 31.9 Å². The third kappa shape index (κ3) is 4.22. The topological polar surface area (TPSA) is 12.4 Å². The van der Waals surface area contributed by atoms with E-state index in [4.69, 9.17) is 0 Å². The van der Waals surface area contributed by atoms with Crippen LogP contribution < -0.4 is 0 Å². The minimum absolute atomic E-state index is 0.855. The monoisotopic (exact) mass is 191 g/mol. The summed E-state index contributed by atoms with van der Waals surface area (Å²) in [7, 11) is 0. The van der Waals surface area contributed by atoms with Crippen molar-refractivity contribution >= 4 is 6.21 Å². The summed E-state index contributed by atoms with van der Waals surface area (Å²) >= 11 is 0. The first-order valence-electron chi connectivity index (χ1n) is 5.31. The van der Waals surface area contributed by atoms with Crippen molar-refractivity contribution in [1.82, 2.24) is 0 Å². The van der Waals surface area contributed by atoms with Crippen molar-refractivity contribution in [3.63, 3.8) is 0 Å². The average molecular weight is 191 g/mol. The zero-order valence-corrected chi connectivity index (χ0v) is 9.96. The lowest BCUT2D eigenvalue weighted by Crippen LogP contribution is -1.88. The molecule has 0 fully saturated rings. The molecule has 0 amide bonds. The molecular weight excluding hydrogens is 170 g/mol. The fraction of sp³-hybridized carbons (Fsp3) is 0.462. The van der Waals surface area contributed by atoms with Gasteiger partial charge >= 0.3 is 0 Å². The Bertz CT molecular complexity index is 287. The van der Waals surface area contributed by atoms with Crippen LogP contribution in [0.2, 0.25) is 0 Å². The Balaban J connectivity index is 0.000000791. The van der Waals surface area contributed by atoms with E-state index in [-0.39, 0.29) is 0 Å². The van der Waals surface area contributed by atoms with Crippen molar-refractivity contribution in [3.8, 4) is 0 Å². The first kappa shape index (κ1) is 12.9. The maximum Gasteiger partial charge on any atom is 0.0361 e. The van der Waals surface area contributed by atoms with Gasteiger partial charge in [0.25, 0.3) is 0 Å². The van der Waals surface area contributed by atoms with E-state index >= 15 is 0 Å². The lowest BCUT2D eigenvalue weighted by atomic mass is 10.1. The van der Waals surface area contributed by atoms with Crippen LogP contribution in [0.4, 0.5) is 0 Å². The van der Waals surface area contributed by atoms with Crippen molar-refractivity contribution in [1.29, 1.82) is 0 Å². The minimum atomic E-state index is 0.855. The molecule has 0 unspecified atom stereocenters. The van der Waals surface area contributed by atoms with E-state index in [1.54, 1.807) is 0 Å². The van der Waals surface area contributed by atoms with Gasteiger partial charge in [0.2, 0.25) is 0 Å². The van der Waals surface area contributed by atoms with E-state index in [0.29, 0.717) is 0 Å². The lowest BCUT2D eigenvalue weighted by Gasteiger charge is -2.00. The largest absolute Gasteiger partial charge is 0.293 e. The molecule has 78 valence electrons. The third-order valence-electron chi connectivity index (χ3n) is 1.85. The van der Waals surface area contributed by atoms with E-state index in [1.165, 1.54) is 16.7 Å². The van der Waals surface area contributed by atoms with Crippen molar-refractivity contribution < 1.29 is 0 Å². The first-order chi connectivity index (χ1) is 6.74. The van der Waals surface area contributed by atoms with Crippen LogP contribution in [0.1, 0.15) is 37.5 Å². The lowest BCUT2D eigenvalue weighted by molar-refractivity contribution is 1.14. The molecule has 1 nitrogen and oxygen atoms in total. The van der Waals surface area contributed by atoms with Crippen molar-refractivity contribution in [2.75, 3.05) is 6.54 Å². The Morgan fingerprint density at radius 2 is 1.86 bits per heavy atom. The molecule has 0 aliphatic heterocycles. The second-order valence-electron chi connectivity index (χ2n) is 2.99. The smallest absolute Gasteiger partial charge is 0.0361 e. The van der Waals surface area contributed by atoms with Crippen LogP contribution in [-0.4, -0.2) is 12.8 Å². The molecule has 0 aliphatic carbocycles.